The second-order valence-corrected chi connectivity index (χ2v) is 23.5. The largest absolute Gasteiger partial charge is 0.391 e. The van der Waals surface area contributed by atoms with E-state index in [1.54, 1.807) is 20.8 Å². The number of Topliss-reactive ketones (excluding diaryl/α,β-unsaturated/α-hetero) is 1. The number of nitrogens with zero attached hydrogens (tertiary/aromatic N) is 2. The lowest BCUT2D eigenvalue weighted by Crippen LogP contribution is -2.63. The van der Waals surface area contributed by atoms with E-state index in [1.165, 1.54) is 34.9 Å². The second kappa shape index (κ2) is 38.3. The number of methoxy groups -OCH3 is 1. The molecule has 2 aliphatic heterocycles. The van der Waals surface area contributed by atoms with E-state index in [0.29, 0.717) is 25.7 Å². The maximum Gasteiger partial charge on any atom is 0.268 e. The van der Waals surface area contributed by atoms with E-state index < -0.39 is 186 Å². The smallest absolute Gasteiger partial charge is 0.268 e. The zero-order valence-corrected chi connectivity index (χ0v) is 53.1. The number of aliphatic hydroxyl groups is 3. The van der Waals surface area contributed by atoms with Crippen molar-refractivity contribution in [2.75, 3.05) is 20.7 Å². The van der Waals surface area contributed by atoms with Crippen LogP contribution in [-0.2, 0) is 67.1 Å². The summed E-state index contributed by atoms with van der Waals surface area (Å²) in [7, 11) is 2.38. The first-order chi connectivity index (χ1) is 41.3. The lowest BCUT2D eigenvalue weighted by Gasteiger charge is -2.36. The second-order valence-electron chi connectivity index (χ2n) is 23.5. The molecular weight excluding hydrogens is 1150 g/mol. The molecule has 0 aromatic carbocycles. The summed E-state index contributed by atoms with van der Waals surface area (Å²) >= 11 is 0. The lowest BCUT2D eigenvalue weighted by atomic mass is 9.90. The van der Waals surface area contributed by atoms with Crippen LogP contribution >= 0.6 is 0 Å². The van der Waals surface area contributed by atoms with Gasteiger partial charge in [-0.3, -0.25) is 62.3 Å². The SMILES string of the molecule is C/C=C1/NC(=O)[C@H](C(C)C)NC(=O)[C@H](O)[C@@H]([C@@H](C)CCCCCCCCCCC(=O)CCC)NC(=O)[C@@H]2CCCN2C(=O)[C@H](CC(N)=O)N(C)C(=O)[C@H]([C@@H](C)OC)NC(=O)[C@@H](C)NC(=O)[C@H](CCC(N)=O)NC(=O)[C@H]([C@@H](C)O)NC(=O)[C@H]([C@@H](C)O)NC1=O. The van der Waals surface area contributed by atoms with Gasteiger partial charge < -0.3 is 83.9 Å². The summed E-state index contributed by atoms with van der Waals surface area (Å²) in [6.07, 6.45) is 2.40. The summed E-state index contributed by atoms with van der Waals surface area (Å²) in [6, 6.07) is -14.5. The van der Waals surface area contributed by atoms with Crippen molar-refractivity contribution in [3.8, 4) is 0 Å². The number of hydrogen-bond acceptors (Lipinski definition) is 17. The van der Waals surface area contributed by atoms with Crippen LogP contribution in [0.2, 0.25) is 0 Å². The van der Waals surface area contributed by atoms with E-state index in [0.717, 1.165) is 81.1 Å². The van der Waals surface area contributed by atoms with Crippen LogP contribution < -0.4 is 54.0 Å². The van der Waals surface area contributed by atoms with Gasteiger partial charge in [0.15, 0.2) is 6.10 Å². The Kier molecular flexibility index (Phi) is 33.5. The van der Waals surface area contributed by atoms with Gasteiger partial charge in [0.25, 0.3) is 11.8 Å². The lowest BCUT2D eigenvalue weighted by molar-refractivity contribution is -0.151. The van der Waals surface area contributed by atoms with Gasteiger partial charge in [-0.05, 0) is 85.0 Å². The van der Waals surface area contributed by atoms with Crippen LogP contribution in [0.3, 0.4) is 0 Å². The monoisotopic (exact) mass is 1250 g/mol. The molecule has 0 aromatic rings. The number of nitrogens with two attached hydrogens (primary N) is 2. The molecule has 2 fully saturated rings. The van der Waals surface area contributed by atoms with Gasteiger partial charge >= 0.3 is 0 Å². The number of amides is 12. The Morgan fingerprint density at radius 3 is 1.75 bits per heavy atom. The van der Waals surface area contributed by atoms with E-state index in [4.69, 9.17) is 16.2 Å². The first-order valence-electron chi connectivity index (χ1n) is 30.7. The van der Waals surface area contributed by atoms with Crippen molar-refractivity contribution in [2.45, 2.75) is 250 Å². The minimum atomic E-state index is -2.03. The Balaban J connectivity index is 2.76. The number of likely N-dealkylation sites (N-methyl/N-ethyl adjacent to an activating group) is 1. The van der Waals surface area contributed by atoms with E-state index in [2.05, 4.69) is 42.5 Å². The quantitative estimate of drug-likeness (QED) is 0.0371. The van der Waals surface area contributed by atoms with E-state index in [9.17, 15) is 77.6 Å². The summed E-state index contributed by atoms with van der Waals surface area (Å²) in [5.41, 5.74) is 10.5. The number of aliphatic hydroxyl groups excluding tert-OH is 3. The fraction of sp³-hybridized carbons (Fsp3) is 0.746. The van der Waals surface area contributed by atoms with Crippen molar-refractivity contribution < 1.29 is 82.4 Å². The Bertz CT molecular complexity index is 2460. The minimum absolute atomic E-state index is 0.0508. The molecule has 2 aliphatic rings. The van der Waals surface area contributed by atoms with Gasteiger partial charge in [0, 0.05) is 40.0 Å². The van der Waals surface area contributed by atoms with Gasteiger partial charge in [0.2, 0.25) is 59.1 Å². The highest BCUT2D eigenvalue weighted by Gasteiger charge is 2.45. The van der Waals surface area contributed by atoms with Crippen molar-refractivity contribution in [2.24, 2.45) is 23.3 Å². The summed E-state index contributed by atoms with van der Waals surface area (Å²) in [6.45, 7) is 12.9. The third-order valence-corrected chi connectivity index (χ3v) is 15.9. The minimum Gasteiger partial charge on any atom is -0.391 e. The summed E-state index contributed by atoms with van der Waals surface area (Å²) in [5, 5.41) is 52.9. The highest BCUT2D eigenvalue weighted by molar-refractivity contribution is 6.03. The molecule has 29 heteroatoms. The summed E-state index contributed by atoms with van der Waals surface area (Å²) in [5.74, 6) is -13.5. The van der Waals surface area contributed by atoms with Crippen molar-refractivity contribution in [3.63, 3.8) is 0 Å². The van der Waals surface area contributed by atoms with Gasteiger partial charge in [-0.2, -0.15) is 0 Å². The van der Waals surface area contributed by atoms with Gasteiger partial charge in [-0.15, -0.1) is 0 Å². The normalized spacial score (nSPS) is 26.8. The van der Waals surface area contributed by atoms with Crippen LogP contribution in [0, 0.1) is 11.8 Å². The van der Waals surface area contributed by atoms with Crippen molar-refractivity contribution >= 4 is 76.7 Å². The molecule has 29 nitrogen and oxygen atoms in total. The van der Waals surface area contributed by atoms with Crippen molar-refractivity contribution in [1.82, 2.24) is 52.3 Å². The maximum atomic E-state index is 14.8. The third-order valence-electron chi connectivity index (χ3n) is 15.9. The fourth-order valence-corrected chi connectivity index (χ4v) is 10.3. The number of ether oxygens (including phenoxy) is 1. The number of primary amides is 2. The maximum absolute atomic E-state index is 14.8. The van der Waals surface area contributed by atoms with Gasteiger partial charge in [-0.1, -0.05) is 78.7 Å². The molecule has 12 amide bonds. The Morgan fingerprint density at radius 1 is 0.648 bits per heavy atom. The molecular formula is C59H100N12O17. The Labute approximate surface area is 515 Å². The summed E-state index contributed by atoms with van der Waals surface area (Å²) in [4.78, 5) is 180. The highest BCUT2D eigenvalue weighted by Crippen LogP contribution is 2.25. The average molecular weight is 1250 g/mol. The third kappa shape index (κ3) is 24.5. The fourth-order valence-electron chi connectivity index (χ4n) is 10.3. The first-order valence-corrected chi connectivity index (χ1v) is 30.7. The number of rotatable bonds is 24. The van der Waals surface area contributed by atoms with E-state index in [-0.39, 0.29) is 25.2 Å². The van der Waals surface area contributed by atoms with Crippen LogP contribution in [0.15, 0.2) is 11.8 Å². The molecule has 0 aromatic heterocycles. The molecule has 0 saturated carbocycles. The predicted molar refractivity (Wildman–Crippen MR) is 321 cm³/mol. The first kappa shape index (κ1) is 77.0. The predicted octanol–water partition coefficient (Wildman–Crippen LogP) is -1.89. The molecule has 2 rings (SSSR count). The van der Waals surface area contributed by atoms with Gasteiger partial charge in [0.1, 0.15) is 59.8 Å². The zero-order valence-electron chi connectivity index (χ0n) is 53.1. The molecule has 0 radical (unpaired) electrons. The van der Waals surface area contributed by atoms with E-state index in [1.807, 2.05) is 6.92 Å². The van der Waals surface area contributed by atoms with Crippen LogP contribution in [-0.4, -0.2) is 201 Å². The van der Waals surface area contributed by atoms with Crippen molar-refractivity contribution in [1.29, 1.82) is 0 Å². The van der Waals surface area contributed by atoms with Crippen LogP contribution in [0.1, 0.15) is 171 Å². The molecule has 498 valence electrons. The highest BCUT2D eigenvalue weighted by atomic mass is 16.5. The van der Waals surface area contributed by atoms with Crippen LogP contribution in [0.25, 0.3) is 0 Å². The Hall–Kier alpha value is -7.11. The van der Waals surface area contributed by atoms with Crippen molar-refractivity contribution in [3.05, 3.63) is 11.8 Å². The number of carbonyl (C=O) groups excluding carboxylic acids is 13. The molecule has 14 atom stereocenters. The topological polar surface area (TPSA) is 447 Å². The number of carbonyl (C=O) groups is 13. The molecule has 15 N–H and O–H groups in total. The number of fused-ring (bicyclic) bond motifs is 1. The standard InChI is InChI=1S/C59H100N12O17/c1-12-23-37(74)25-21-19-17-15-14-16-18-20-24-32(5)45-49(77)57(85)65-44(31(3)4)54(82)63-38(13-2)51(79)67-47(35(8)73)56(84)68-46(34(7)72)55(83)64-39(27-28-42(60)75)52(80)62-33(6)50(78)69-48(36(9)88-11)59(87)70(10)41(30-43(61)76)58(86)71-29-22-26-40(71)53(81)66-45/h13,31-36,39-41,44-49,72-73,77H,12,14-30H2,1-11H3,(H2,60,75)(H2,61,76)(H,62,80)(H,63,82)(H,64,83)(H,65,85)(H,66,81)(H,67,79)(H,68,84)(H,69,78)/b38-13+/t32-,33+,34+,35+,36+,39-,40-,41-,44-,45+,46-,47-,48-,49+/m0/s1. The number of nitrogens with one attached hydrogen (secondary N) is 8. The molecule has 0 bridgehead atoms. The number of unbranched alkanes of at least 4 members (excludes halogenated alkanes) is 7. The van der Waals surface area contributed by atoms with Crippen LogP contribution in [0.4, 0.5) is 0 Å². The Morgan fingerprint density at radius 2 is 1.20 bits per heavy atom. The van der Waals surface area contributed by atoms with E-state index >= 15 is 0 Å². The number of allylic oxidation sites excluding steroid dienone is 1. The zero-order chi connectivity index (χ0) is 66.7. The average Bonchev–Trinajstić information content (AvgIpc) is 1.74. The molecule has 2 heterocycles. The molecule has 88 heavy (non-hydrogen) atoms. The molecule has 0 aliphatic carbocycles. The van der Waals surface area contributed by atoms with Crippen LogP contribution in [0.5, 0.6) is 0 Å². The number of hydrogen-bond donors (Lipinski definition) is 13. The molecule has 2 saturated heterocycles. The molecule has 0 spiro atoms. The van der Waals surface area contributed by atoms with Gasteiger partial charge in [-0.25, -0.2) is 0 Å². The number of ketones is 1. The van der Waals surface area contributed by atoms with Gasteiger partial charge in [0.05, 0.1) is 30.8 Å². The molecule has 0 unspecified atom stereocenters. The summed E-state index contributed by atoms with van der Waals surface area (Å²) < 4.78 is 5.44.